The van der Waals surface area contributed by atoms with Crippen molar-refractivity contribution in [3.8, 4) is 11.3 Å². The van der Waals surface area contributed by atoms with Gasteiger partial charge >= 0.3 is 6.18 Å². The van der Waals surface area contributed by atoms with Gasteiger partial charge in [0.15, 0.2) is 5.65 Å². The van der Waals surface area contributed by atoms with Crippen LogP contribution in [0.5, 0.6) is 0 Å². The highest BCUT2D eigenvalue weighted by Crippen LogP contribution is 2.30. The molecule has 2 atom stereocenters. The van der Waals surface area contributed by atoms with Gasteiger partial charge in [0.25, 0.3) is 0 Å². The zero-order valence-corrected chi connectivity index (χ0v) is 17.4. The van der Waals surface area contributed by atoms with E-state index in [0.717, 1.165) is 42.7 Å². The fraction of sp³-hybridized carbons (Fsp3) is 0.261. The van der Waals surface area contributed by atoms with Crippen LogP contribution in [-0.2, 0) is 6.18 Å². The van der Waals surface area contributed by atoms with E-state index in [1.54, 1.807) is 16.8 Å². The molecule has 10 heteroatoms. The number of alkyl halides is 3. The number of fused-ring (bicyclic) bond motifs is 1. The highest BCUT2D eigenvalue weighted by Gasteiger charge is 2.30. The Kier molecular flexibility index (Phi) is 5.37. The summed E-state index contributed by atoms with van der Waals surface area (Å²) in [4.78, 5) is 8.80. The van der Waals surface area contributed by atoms with Gasteiger partial charge in [0.05, 0.1) is 23.4 Å². The van der Waals surface area contributed by atoms with Gasteiger partial charge in [0.2, 0.25) is 5.95 Å². The van der Waals surface area contributed by atoms with E-state index in [2.05, 4.69) is 25.7 Å². The Hall–Kier alpha value is -3.66. The smallest absolute Gasteiger partial charge is 0.391 e. The molecule has 1 fully saturated rings. The molecule has 0 spiro atoms. The number of aliphatic hydroxyl groups excluding tert-OH is 1. The molecule has 7 nitrogen and oxygen atoms in total. The van der Waals surface area contributed by atoms with E-state index in [-0.39, 0.29) is 18.1 Å². The van der Waals surface area contributed by atoms with Crippen LogP contribution in [0.4, 0.5) is 30.6 Å². The molecule has 3 heterocycles. The lowest BCUT2D eigenvalue weighted by Crippen LogP contribution is -2.28. The topological polar surface area (TPSA) is 87.4 Å². The van der Waals surface area contributed by atoms with E-state index in [0.29, 0.717) is 17.2 Å². The number of rotatable bonds is 5. The van der Waals surface area contributed by atoms with Gasteiger partial charge in [-0.25, -0.2) is 9.50 Å². The number of aromatic nitrogens is 4. The zero-order valence-electron chi connectivity index (χ0n) is 17.4. The minimum absolute atomic E-state index is 0.0190. The second-order valence-electron chi connectivity index (χ2n) is 8.00. The van der Waals surface area contributed by atoms with Crippen molar-refractivity contribution >= 4 is 23.1 Å². The number of hydrogen-bond acceptors (Lipinski definition) is 6. The second-order valence-corrected chi connectivity index (χ2v) is 8.00. The SMILES string of the molecule is O[C@@H]1CCC[C@H]1Nc1cc(-c2cccc3nc(Nc4ccc(C(F)(F)F)cc4)nn23)ccn1. The summed E-state index contributed by atoms with van der Waals surface area (Å²) in [7, 11) is 0. The fourth-order valence-electron chi connectivity index (χ4n) is 4.02. The minimum atomic E-state index is -4.39. The summed E-state index contributed by atoms with van der Waals surface area (Å²) in [5, 5.41) is 20.8. The van der Waals surface area contributed by atoms with Gasteiger partial charge < -0.3 is 15.7 Å². The molecule has 170 valence electrons. The number of halogens is 3. The summed E-state index contributed by atoms with van der Waals surface area (Å²) < 4.78 is 40.0. The average Bonchev–Trinajstić information content (AvgIpc) is 3.39. The van der Waals surface area contributed by atoms with E-state index < -0.39 is 11.7 Å². The summed E-state index contributed by atoms with van der Waals surface area (Å²) in [6, 6.07) is 14.0. The number of benzene rings is 1. The second kappa shape index (κ2) is 8.36. The first kappa shape index (κ1) is 21.2. The number of nitrogens with zero attached hydrogens (tertiary/aromatic N) is 4. The van der Waals surface area contributed by atoms with Gasteiger partial charge in [-0.1, -0.05) is 6.07 Å². The lowest BCUT2D eigenvalue weighted by Gasteiger charge is -2.17. The van der Waals surface area contributed by atoms with Crippen molar-refractivity contribution in [2.45, 2.75) is 37.6 Å². The maximum Gasteiger partial charge on any atom is 0.416 e. The van der Waals surface area contributed by atoms with Crippen LogP contribution in [0.2, 0.25) is 0 Å². The molecule has 0 unspecified atom stereocenters. The zero-order chi connectivity index (χ0) is 23.0. The monoisotopic (exact) mass is 454 g/mol. The van der Waals surface area contributed by atoms with E-state index in [1.165, 1.54) is 12.1 Å². The predicted molar refractivity (Wildman–Crippen MR) is 118 cm³/mol. The number of aliphatic hydroxyl groups is 1. The maximum atomic E-state index is 12.8. The molecule has 3 N–H and O–H groups in total. The number of pyridine rings is 2. The van der Waals surface area contributed by atoms with Crippen molar-refractivity contribution in [1.29, 1.82) is 0 Å². The van der Waals surface area contributed by atoms with E-state index in [9.17, 15) is 18.3 Å². The van der Waals surface area contributed by atoms with E-state index in [4.69, 9.17) is 0 Å². The molecule has 0 amide bonds. The molecule has 0 bridgehead atoms. The molecule has 1 aromatic carbocycles. The molecule has 0 radical (unpaired) electrons. The van der Waals surface area contributed by atoms with Crippen LogP contribution in [-0.4, -0.2) is 36.8 Å². The highest BCUT2D eigenvalue weighted by molar-refractivity contribution is 5.67. The van der Waals surface area contributed by atoms with Crippen molar-refractivity contribution < 1.29 is 18.3 Å². The summed E-state index contributed by atoms with van der Waals surface area (Å²) in [6.07, 6.45) is -0.424. The molecule has 4 aromatic rings. The van der Waals surface area contributed by atoms with Gasteiger partial charge in [0, 0.05) is 17.4 Å². The Morgan fingerprint density at radius 3 is 2.58 bits per heavy atom. The first-order valence-electron chi connectivity index (χ1n) is 10.6. The lowest BCUT2D eigenvalue weighted by atomic mass is 10.1. The van der Waals surface area contributed by atoms with Gasteiger partial charge in [-0.3, -0.25) is 0 Å². The summed E-state index contributed by atoms with van der Waals surface area (Å²) in [6.45, 7) is 0. The molecular weight excluding hydrogens is 433 g/mol. The van der Waals surface area contributed by atoms with Gasteiger partial charge in [-0.05, 0) is 67.8 Å². The molecule has 1 aliphatic carbocycles. The molecule has 3 aromatic heterocycles. The third kappa shape index (κ3) is 4.47. The summed E-state index contributed by atoms with van der Waals surface area (Å²) in [5.74, 6) is 0.933. The van der Waals surface area contributed by atoms with E-state index >= 15 is 0 Å². The maximum absolute atomic E-state index is 12.8. The molecule has 0 saturated heterocycles. The van der Waals surface area contributed by atoms with Crippen molar-refractivity contribution in [1.82, 2.24) is 19.6 Å². The van der Waals surface area contributed by atoms with Crippen LogP contribution in [0.15, 0.2) is 60.8 Å². The molecule has 1 aliphatic rings. The third-order valence-corrected chi connectivity index (χ3v) is 5.70. The number of anilines is 3. The largest absolute Gasteiger partial charge is 0.416 e. The van der Waals surface area contributed by atoms with Gasteiger partial charge in [-0.2, -0.15) is 18.2 Å². The first-order valence-corrected chi connectivity index (χ1v) is 10.6. The van der Waals surface area contributed by atoms with Crippen LogP contribution >= 0.6 is 0 Å². The third-order valence-electron chi connectivity index (χ3n) is 5.70. The summed E-state index contributed by atoms with van der Waals surface area (Å²) >= 11 is 0. The molecule has 5 rings (SSSR count). The van der Waals surface area contributed by atoms with Crippen LogP contribution in [0.25, 0.3) is 16.9 Å². The predicted octanol–water partition coefficient (Wildman–Crippen LogP) is 4.88. The van der Waals surface area contributed by atoms with Gasteiger partial charge in [0.1, 0.15) is 5.82 Å². The number of hydrogen-bond donors (Lipinski definition) is 3. The molecule has 33 heavy (non-hydrogen) atoms. The van der Waals surface area contributed by atoms with Crippen LogP contribution in [0, 0.1) is 0 Å². The Morgan fingerprint density at radius 2 is 1.85 bits per heavy atom. The Balaban J connectivity index is 1.41. The Labute approximate surface area is 187 Å². The average molecular weight is 454 g/mol. The van der Waals surface area contributed by atoms with Crippen LogP contribution in [0.1, 0.15) is 24.8 Å². The highest BCUT2D eigenvalue weighted by atomic mass is 19.4. The van der Waals surface area contributed by atoms with Crippen LogP contribution < -0.4 is 10.6 Å². The number of nitrogens with one attached hydrogen (secondary N) is 2. The lowest BCUT2D eigenvalue weighted by molar-refractivity contribution is -0.137. The Morgan fingerprint density at radius 1 is 1.03 bits per heavy atom. The molecular formula is C23H21F3N6O. The van der Waals surface area contributed by atoms with Gasteiger partial charge in [-0.15, -0.1) is 5.10 Å². The minimum Gasteiger partial charge on any atom is -0.391 e. The Bertz CT molecular complexity index is 1270. The normalized spacial score (nSPS) is 18.5. The standard InChI is InChI=1S/C23H21F3N6O/c24-23(25,26)15-7-9-16(10-8-15)28-22-30-21-6-2-4-18(32(21)31-22)14-11-12-27-20(13-14)29-17-3-1-5-19(17)33/h2,4,6-13,17,19,33H,1,3,5H2,(H,27,29)(H,28,31)/t17-,19-/m1/s1. The van der Waals surface area contributed by atoms with Crippen LogP contribution in [0.3, 0.4) is 0 Å². The van der Waals surface area contributed by atoms with Crippen molar-refractivity contribution in [2.75, 3.05) is 10.6 Å². The first-order chi connectivity index (χ1) is 15.9. The van der Waals surface area contributed by atoms with E-state index in [1.807, 2.05) is 24.3 Å². The summed E-state index contributed by atoms with van der Waals surface area (Å²) in [5.41, 5.74) is 1.95. The molecule has 1 saturated carbocycles. The van der Waals surface area contributed by atoms with Crippen molar-refractivity contribution in [3.05, 3.63) is 66.4 Å². The fourth-order valence-corrected chi connectivity index (χ4v) is 4.02. The van der Waals surface area contributed by atoms with Crippen molar-refractivity contribution in [2.24, 2.45) is 0 Å². The van der Waals surface area contributed by atoms with Crippen molar-refractivity contribution in [3.63, 3.8) is 0 Å². The molecule has 0 aliphatic heterocycles. The quantitative estimate of drug-likeness (QED) is 0.399.